The van der Waals surface area contributed by atoms with Gasteiger partial charge in [-0.2, -0.15) is 0 Å². The number of nitrogens with zero attached hydrogens (tertiary/aromatic N) is 2. The first-order chi connectivity index (χ1) is 12.3. The van der Waals surface area contributed by atoms with Gasteiger partial charge in [-0.15, -0.1) is 10.2 Å². The molecule has 3 aliphatic rings. The van der Waals surface area contributed by atoms with E-state index < -0.39 is 0 Å². The van der Waals surface area contributed by atoms with E-state index in [1.165, 1.54) is 24.0 Å². The highest BCUT2D eigenvalue weighted by Crippen LogP contribution is 2.63. The molecule has 5 heteroatoms. The van der Waals surface area contributed by atoms with Crippen molar-refractivity contribution in [1.82, 2.24) is 10.2 Å². The van der Waals surface area contributed by atoms with Gasteiger partial charge in [0.25, 0.3) is 0 Å². The molecule has 140 valence electrons. The monoisotopic (exact) mass is 404 g/mol. The number of thioether (sulfide) groups is 2. The van der Waals surface area contributed by atoms with Crippen LogP contribution in [0.15, 0.2) is 32.9 Å². The van der Waals surface area contributed by atoms with Crippen molar-refractivity contribution in [3.05, 3.63) is 35.4 Å². The maximum Gasteiger partial charge on any atom is 0.175 e. The van der Waals surface area contributed by atoms with Gasteiger partial charge < -0.3 is 0 Å². The Balaban J connectivity index is 1.37. The highest BCUT2D eigenvalue weighted by atomic mass is 32.2. The van der Waals surface area contributed by atoms with Crippen molar-refractivity contribution in [2.75, 3.05) is 0 Å². The summed E-state index contributed by atoms with van der Waals surface area (Å²) in [5, 5.41) is 10.1. The standard InChI is InChI=1S/C21H28N2S3/c1-12-6-8-15(9-7-12)14(3)24-19-22-23-20(26-19)25-18-11-16-10-17(13(18)2)21(16,4)5/h6-9,13-14,16-18H,10-11H2,1-5H3. The SMILES string of the molecule is Cc1ccc(C(C)Sc2nnc(SC3CC4CC(C3C)C4(C)C)s2)cc1. The summed E-state index contributed by atoms with van der Waals surface area (Å²) in [4.78, 5) is 0. The Hall–Kier alpha value is -0.520. The highest BCUT2D eigenvalue weighted by molar-refractivity contribution is 8.03. The van der Waals surface area contributed by atoms with Crippen LogP contribution in [0, 0.1) is 30.1 Å². The largest absolute Gasteiger partial charge is 0.175 e. The smallest absolute Gasteiger partial charge is 0.131 e. The van der Waals surface area contributed by atoms with E-state index in [1.807, 2.05) is 23.5 Å². The van der Waals surface area contributed by atoms with E-state index in [2.05, 4.69) is 69.1 Å². The van der Waals surface area contributed by atoms with Crippen LogP contribution in [-0.2, 0) is 0 Å². The molecule has 1 heterocycles. The lowest BCUT2D eigenvalue weighted by Gasteiger charge is -2.61. The molecule has 26 heavy (non-hydrogen) atoms. The molecule has 3 fully saturated rings. The molecule has 2 aromatic rings. The topological polar surface area (TPSA) is 25.8 Å². The van der Waals surface area contributed by atoms with Crippen LogP contribution >= 0.6 is 34.9 Å². The average molecular weight is 405 g/mol. The Labute approximate surface area is 170 Å². The Kier molecular flexibility index (Phi) is 5.17. The van der Waals surface area contributed by atoms with Crippen LogP contribution in [0.4, 0.5) is 0 Å². The molecule has 2 nitrogen and oxygen atoms in total. The summed E-state index contributed by atoms with van der Waals surface area (Å²) >= 11 is 5.59. The van der Waals surface area contributed by atoms with E-state index in [1.54, 1.807) is 11.3 Å². The van der Waals surface area contributed by atoms with Crippen molar-refractivity contribution in [2.45, 2.75) is 66.6 Å². The van der Waals surface area contributed by atoms with Crippen LogP contribution in [0.3, 0.4) is 0 Å². The number of aryl methyl sites for hydroxylation is 1. The van der Waals surface area contributed by atoms with Crippen molar-refractivity contribution < 1.29 is 0 Å². The summed E-state index contributed by atoms with van der Waals surface area (Å²) in [6.07, 6.45) is 2.79. The van der Waals surface area contributed by atoms with Crippen LogP contribution in [0.25, 0.3) is 0 Å². The van der Waals surface area contributed by atoms with Gasteiger partial charge in [0, 0.05) is 10.5 Å². The minimum atomic E-state index is 0.406. The maximum atomic E-state index is 4.49. The minimum absolute atomic E-state index is 0.406. The molecule has 0 saturated heterocycles. The molecule has 0 aliphatic heterocycles. The predicted octanol–water partition coefficient (Wildman–Crippen LogP) is 6.86. The van der Waals surface area contributed by atoms with Gasteiger partial charge in [-0.3, -0.25) is 0 Å². The molecule has 5 unspecified atom stereocenters. The van der Waals surface area contributed by atoms with E-state index in [0.29, 0.717) is 15.9 Å². The van der Waals surface area contributed by atoms with E-state index >= 15 is 0 Å². The second kappa shape index (κ2) is 7.14. The predicted molar refractivity (Wildman–Crippen MR) is 114 cm³/mol. The Morgan fingerprint density at radius 3 is 2.46 bits per heavy atom. The number of fused-ring (bicyclic) bond motifs is 2. The second-order valence-electron chi connectivity index (χ2n) is 8.62. The summed E-state index contributed by atoms with van der Waals surface area (Å²) in [5.41, 5.74) is 3.22. The van der Waals surface area contributed by atoms with Crippen molar-refractivity contribution in [1.29, 1.82) is 0 Å². The Bertz CT molecular complexity index is 768. The van der Waals surface area contributed by atoms with Gasteiger partial charge in [-0.05, 0) is 55.4 Å². The highest BCUT2D eigenvalue weighted by Gasteiger charge is 2.56. The fraction of sp³-hybridized carbons (Fsp3) is 0.619. The van der Waals surface area contributed by atoms with Crippen molar-refractivity contribution in [2.24, 2.45) is 23.2 Å². The first kappa shape index (κ1) is 18.8. The molecule has 3 aliphatic carbocycles. The van der Waals surface area contributed by atoms with Gasteiger partial charge in [-0.25, -0.2) is 0 Å². The van der Waals surface area contributed by atoms with E-state index in [-0.39, 0.29) is 0 Å². The number of hydrogen-bond donors (Lipinski definition) is 0. The van der Waals surface area contributed by atoms with Crippen LogP contribution < -0.4 is 0 Å². The summed E-state index contributed by atoms with van der Waals surface area (Å²) < 4.78 is 2.24. The van der Waals surface area contributed by atoms with Crippen LogP contribution in [0.2, 0.25) is 0 Å². The first-order valence-electron chi connectivity index (χ1n) is 9.58. The third-order valence-corrected chi connectivity index (χ3v) is 10.5. The third kappa shape index (κ3) is 3.47. The zero-order valence-electron chi connectivity index (χ0n) is 16.2. The molecule has 1 aromatic heterocycles. The molecule has 0 spiro atoms. The fourth-order valence-electron chi connectivity index (χ4n) is 4.74. The Morgan fingerprint density at radius 2 is 1.81 bits per heavy atom. The van der Waals surface area contributed by atoms with Gasteiger partial charge in [0.15, 0.2) is 8.68 Å². The van der Waals surface area contributed by atoms with Gasteiger partial charge in [-0.1, -0.05) is 85.5 Å². The van der Waals surface area contributed by atoms with Crippen molar-refractivity contribution in [3.63, 3.8) is 0 Å². The fourth-order valence-corrected chi connectivity index (χ4v) is 8.63. The maximum absolute atomic E-state index is 4.49. The van der Waals surface area contributed by atoms with Crippen LogP contribution in [0.5, 0.6) is 0 Å². The first-order valence-corrected chi connectivity index (χ1v) is 12.2. The zero-order valence-corrected chi connectivity index (χ0v) is 18.7. The second-order valence-corrected chi connectivity index (χ2v) is 12.7. The number of aromatic nitrogens is 2. The normalized spacial score (nSPS) is 30.7. The molecule has 2 bridgehead atoms. The lowest BCUT2D eigenvalue weighted by molar-refractivity contribution is -0.0950. The average Bonchev–Trinajstić information content (AvgIpc) is 3.03. The van der Waals surface area contributed by atoms with Crippen LogP contribution in [-0.4, -0.2) is 15.4 Å². The summed E-state index contributed by atoms with van der Waals surface area (Å²) in [7, 11) is 0. The minimum Gasteiger partial charge on any atom is -0.131 e. The molecular weight excluding hydrogens is 376 g/mol. The quantitative estimate of drug-likeness (QED) is 0.508. The number of hydrogen-bond acceptors (Lipinski definition) is 5. The zero-order chi connectivity index (χ0) is 18.5. The molecule has 0 radical (unpaired) electrons. The third-order valence-electron chi connectivity index (χ3n) is 6.75. The molecule has 0 N–H and O–H groups in total. The van der Waals surface area contributed by atoms with E-state index in [4.69, 9.17) is 0 Å². The van der Waals surface area contributed by atoms with Gasteiger partial charge >= 0.3 is 0 Å². The summed E-state index contributed by atoms with van der Waals surface area (Å²) in [5.74, 6) is 2.58. The molecule has 1 aromatic carbocycles. The Morgan fingerprint density at radius 1 is 1.12 bits per heavy atom. The van der Waals surface area contributed by atoms with Gasteiger partial charge in [0.1, 0.15) is 0 Å². The lowest BCUT2D eigenvalue weighted by atomic mass is 9.46. The van der Waals surface area contributed by atoms with Gasteiger partial charge in [0.2, 0.25) is 0 Å². The molecular formula is C21H28N2S3. The van der Waals surface area contributed by atoms with Crippen molar-refractivity contribution >= 4 is 34.9 Å². The van der Waals surface area contributed by atoms with Crippen molar-refractivity contribution in [3.8, 4) is 0 Å². The van der Waals surface area contributed by atoms with Crippen LogP contribution in [0.1, 0.15) is 56.9 Å². The summed E-state index contributed by atoms with van der Waals surface area (Å²) in [6.45, 7) is 11.8. The molecule has 0 amide bonds. The number of benzene rings is 1. The van der Waals surface area contributed by atoms with Gasteiger partial charge in [0.05, 0.1) is 0 Å². The molecule has 5 rings (SSSR count). The lowest BCUT2D eigenvalue weighted by Crippen LogP contribution is -2.55. The number of rotatable bonds is 5. The molecule has 5 atom stereocenters. The van der Waals surface area contributed by atoms with E-state index in [9.17, 15) is 0 Å². The summed E-state index contributed by atoms with van der Waals surface area (Å²) in [6, 6.07) is 8.82. The molecule has 3 saturated carbocycles. The van der Waals surface area contributed by atoms with E-state index in [0.717, 1.165) is 26.4 Å².